The summed E-state index contributed by atoms with van der Waals surface area (Å²) < 4.78 is 16.0. The summed E-state index contributed by atoms with van der Waals surface area (Å²) in [5.41, 5.74) is 0. The molecule has 8 heteroatoms. The predicted octanol–water partition coefficient (Wildman–Crippen LogP) is 2.50. The molecule has 1 rings (SSSR count). The molecule has 1 heterocycles. The van der Waals surface area contributed by atoms with Gasteiger partial charge < -0.3 is 19.5 Å². The number of hydrogen-bond donors (Lipinski definition) is 1. The summed E-state index contributed by atoms with van der Waals surface area (Å²) >= 11 is 1.60. The van der Waals surface area contributed by atoms with Crippen LogP contribution in [0.15, 0.2) is 24.3 Å². The van der Waals surface area contributed by atoms with E-state index in [4.69, 9.17) is 14.2 Å². The Morgan fingerprint density at radius 3 is 2.52 bits per heavy atom. The Bertz CT molecular complexity index is 592. The van der Waals surface area contributed by atoms with Crippen molar-refractivity contribution in [2.45, 2.75) is 45.3 Å². The van der Waals surface area contributed by atoms with Crippen LogP contribution in [0.2, 0.25) is 0 Å². The molecule has 0 saturated heterocycles. The zero-order valence-corrected chi connectivity index (χ0v) is 18.5. The van der Waals surface area contributed by atoms with E-state index >= 15 is 0 Å². The molecular weight excluding hydrogens is 394 g/mol. The summed E-state index contributed by atoms with van der Waals surface area (Å²) in [6, 6.07) is -0.669. The largest absolute Gasteiger partial charge is 0.464 e. The summed E-state index contributed by atoms with van der Waals surface area (Å²) in [6.07, 6.45) is 9.54. The standard InChI is InChI=1S/C21H33NO6S/c1-15-7-5-10-20(24)27-14-18(26-3)16(2)8-6-9-19(23)22-17(11-12-29-4)21(25)28-13-15/h5-8,15-18H,9-14H2,1-4H3,(H,22,23)/b7-5+,8-6+/t15-,16+,17+,18+/m1/s1. The Hall–Kier alpha value is -1.80. The zero-order valence-electron chi connectivity index (χ0n) is 17.7. The van der Waals surface area contributed by atoms with E-state index in [1.54, 1.807) is 31.0 Å². The number of amides is 1. The molecule has 0 fully saturated rings. The minimum absolute atomic E-state index is 0.0488. The number of hydrogen-bond acceptors (Lipinski definition) is 7. The molecule has 1 amide bonds. The van der Waals surface area contributed by atoms with Crippen LogP contribution in [0.25, 0.3) is 0 Å². The van der Waals surface area contributed by atoms with Crippen molar-refractivity contribution in [1.82, 2.24) is 5.32 Å². The van der Waals surface area contributed by atoms with Gasteiger partial charge in [0.25, 0.3) is 0 Å². The van der Waals surface area contributed by atoms with Crippen LogP contribution < -0.4 is 5.32 Å². The fraction of sp³-hybridized carbons (Fsp3) is 0.667. The highest BCUT2D eigenvalue weighted by atomic mass is 32.2. The SMILES string of the molecule is CO[C@H]1COC(=O)C/C=C/[C@@H](C)COC(=O)[C@H](CCSC)NC(=O)C/C=C/[C@@H]1C. The van der Waals surface area contributed by atoms with Gasteiger partial charge in [-0.1, -0.05) is 38.2 Å². The van der Waals surface area contributed by atoms with Crippen LogP contribution in [-0.4, -0.2) is 62.3 Å². The number of nitrogens with one attached hydrogen (secondary N) is 1. The number of rotatable bonds is 4. The van der Waals surface area contributed by atoms with Gasteiger partial charge in [-0.05, 0) is 18.4 Å². The fourth-order valence-corrected chi connectivity index (χ4v) is 3.16. The molecule has 7 nitrogen and oxygen atoms in total. The molecule has 1 aliphatic heterocycles. The van der Waals surface area contributed by atoms with Crippen LogP contribution >= 0.6 is 11.8 Å². The van der Waals surface area contributed by atoms with Crippen LogP contribution in [0.4, 0.5) is 0 Å². The first-order chi connectivity index (χ1) is 13.9. The van der Waals surface area contributed by atoms with Gasteiger partial charge in [-0.15, -0.1) is 0 Å². The van der Waals surface area contributed by atoms with Gasteiger partial charge in [0.15, 0.2) is 0 Å². The Morgan fingerprint density at radius 2 is 1.83 bits per heavy atom. The van der Waals surface area contributed by atoms with E-state index in [0.29, 0.717) is 6.42 Å². The third-order valence-electron chi connectivity index (χ3n) is 4.51. The lowest BCUT2D eigenvalue weighted by Crippen LogP contribution is -2.42. The van der Waals surface area contributed by atoms with Crippen molar-refractivity contribution in [3.05, 3.63) is 24.3 Å². The lowest BCUT2D eigenvalue weighted by atomic mass is 10.0. The maximum absolute atomic E-state index is 12.4. The Kier molecular flexibility index (Phi) is 12.4. The highest BCUT2D eigenvalue weighted by molar-refractivity contribution is 7.98. The second kappa shape index (κ2) is 14.2. The minimum atomic E-state index is -0.669. The maximum Gasteiger partial charge on any atom is 0.328 e. The van der Waals surface area contributed by atoms with Crippen molar-refractivity contribution in [3.8, 4) is 0 Å². The van der Waals surface area contributed by atoms with Gasteiger partial charge in [-0.25, -0.2) is 4.79 Å². The van der Waals surface area contributed by atoms with Crippen molar-refractivity contribution < 1.29 is 28.6 Å². The molecule has 0 bridgehead atoms. The summed E-state index contributed by atoms with van der Waals surface area (Å²) in [5.74, 6) is -0.401. The van der Waals surface area contributed by atoms with Crippen molar-refractivity contribution >= 4 is 29.6 Å². The Balaban J connectivity index is 2.89. The highest BCUT2D eigenvalue weighted by Gasteiger charge is 2.22. The molecule has 0 spiro atoms. The molecule has 164 valence electrons. The molecule has 1 aliphatic rings. The lowest BCUT2D eigenvalue weighted by Gasteiger charge is -2.20. The van der Waals surface area contributed by atoms with Gasteiger partial charge in [0.05, 0.1) is 19.1 Å². The molecule has 0 aromatic heterocycles. The highest BCUT2D eigenvalue weighted by Crippen LogP contribution is 2.11. The van der Waals surface area contributed by atoms with Gasteiger partial charge in [-0.3, -0.25) is 9.59 Å². The van der Waals surface area contributed by atoms with E-state index in [-0.39, 0.29) is 55.9 Å². The predicted molar refractivity (Wildman–Crippen MR) is 113 cm³/mol. The number of thioether (sulfide) groups is 1. The Labute approximate surface area is 177 Å². The molecular formula is C21H33NO6S. The molecule has 0 unspecified atom stereocenters. The fourth-order valence-electron chi connectivity index (χ4n) is 2.69. The monoisotopic (exact) mass is 427 g/mol. The molecule has 1 N–H and O–H groups in total. The van der Waals surface area contributed by atoms with E-state index in [2.05, 4.69) is 5.32 Å². The average Bonchev–Trinajstić information content (AvgIpc) is 2.69. The third kappa shape index (κ3) is 10.5. The first-order valence-electron chi connectivity index (χ1n) is 9.84. The van der Waals surface area contributed by atoms with Gasteiger partial charge in [0, 0.05) is 25.4 Å². The van der Waals surface area contributed by atoms with Crippen molar-refractivity contribution in [1.29, 1.82) is 0 Å². The first-order valence-corrected chi connectivity index (χ1v) is 11.2. The van der Waals surface area contributed by atoms with Crippen LogP contribution in [0, 0.1) is 11.8 Å². The van der Waals surface area contributed by atoms with Gasteiger partial charge >= 0.3 is 11.9 Å². The molecule has 0 saturated carbocycles. The number of ether oxygens (including phenoxy) is 3. The minimum Gasteiger partial charge on any atom is -0.464 e. The number of methoxy groups -OCH3 is 1. The molecule has 0 radical (unpaired) electrons. The Morgan fingerprint density at radius 1 is 1.10 bits per heavy atom. The topological polar surface area (TPSA) is 90.9 Å². The molecule has 0 aromatic rings. The molecule has 0 aromatic carbocycles. The number of carbonyl (C=O) groups excluding carboxylic acids is 3. The van der Waals surface area contributed by atoms with Gasteiger partial charge in [-0.2, -0.15) is 11.8 Å². The van der Waals surface area contributed by atoms with Crippen molar-refractivity contribution in [3.63, 3.8) is 0 Å². The number of carbonyl (C=O) groups is 3. The van der Waals surface area contributed by atoms with Crippen molar-refractivity contribution in [2.75, 3.05) is 32.3 Å². The zero-order chi connectivity index (χ0) is 21.6. The smallest absolute Gasteiger partial charge is 0.328 e. The third-order valence-corrected chi connectivity index (χ3v) is 5.15. The maximum atomic E-state index is 12.4. The number of cyclic esters (lactones) is 2. The van der Waals surface area contributed by atoms with E-state index in [1.165, 1.54) is 0 Å². The van der Waals surface area contributed by atoms with Crippen molar-refractivity contribution in [2.24, 2.45) is 11.8 Å². The van der Waals surface area contributed by atoms with Gasteiger partial charge in [0.2, 0.25) is 5.91 Å². The van der Waals surface area contributed by atoms with E-state index in [0.717, 1.165) is 5.75 Å². The van der Waals surface area contributed by atoms with Crippen LogP contribution in [-0.2, 0) is 28.6 Å². The second-order valence-corrected chi connectivity index (χ2v) is 8.08. The van der Waals surface area contributed by atoms with Crippen LogP contribution in [0.1, 0.15) is 33.1 Å². The quantitative estimate of drug-likeness (QED) is 0.544. The van der Waals surface area contributed by atoms with Crippen LogP contribution in [0.5, 0.6) is 0 Å². The molecule has 29 heavy (non-hydrogen) atoms. The number of esters is 2. The summed E-state index contributed by atoms with van der Waals surface area (Å²) in [6.45, 7) is 4.13. The normalized spacial score (nSPS) is 30.3. The van der Waals surface area contributed by atoms with E-state index in [1.807, 2.05) is 32.3 Å². The second-order valence-electron chi connectivity index (χ2n) is 7.09. The van der Waals surface area contributed by atoms with Gasteiger partial charge in [0.1, 0.15) is 12.6 Å². The summed E-state index contributed by atoms with van der Waals surface area (Å²) in [7, 11) is 1.56. The van der Waals surface area contributed by atoms with E-state index < -0.39 is 12.0 Å². The summed E-state index contributed by atoms with van der Waals surface area (Å²) in [4.78, 5) is 36.6. The average molecular weight is 428 g/mol. The lowest BCUT2D eigenvalue weighted by molar-refractivity contribution is -0.149. The van der Waals surface area contributed by atoms with Crippen LogP contribution in [0.3, 0.4) is 0 Å². The van der Waals surface area contributed by atoms with E-state index in [9.17, 15) is 14.4 Å². The summed E-state index contributed by atoms with van der Waals surface area (Å²) in [5, 5.41) is 2.77. The molecule has 0 aliphatic carbocycles. The first kappa shape index (κ1) is 25.2. The molecule has 4 atom stereocenters.